The van der Waals surface area contributed by atoms with Gasteiger partial charge in [0, 0.05) is 17.1 Å². The van der Waals surface area contributed by atoms with Gasteiger partial charge in [0.2, 0.25) is 0 Å². The Hall–Kier alpha value is -2.41. The van der Waals surface area contributed by atoms with Crippen LogP contribution in [0.4, 0.5) is 0 Å². The van der Waals surface area contributed by atoms with E-state index in [0.29, 0.717) is 0 Å². The first kappa shape index (κ1) is 15.5. The maximum Gasteiger partial charge on any atom is 0.189 e. The lowest BCUT2D eigenvalue weighted by molar-refractivity contribution is 0.102. The minimum atomic E-state index is 0.131. The van der Waals surface area contributed by atoms with Gasteiger partial charge >= 0.3 is 0 Å². The molecule has 0 saturated heterocycles. The summed E-state index contributed by atoms with van der Waals surface area (Å²) >= 11 is 0. The Kier molecular flexibility index (Phi) is 4.04. The van der Waals surface area contributed by atoms with Crippen molar-refractivity contribution in [1.82, 2.24) is 0 Å². The van der Waals surface area contributed by atoms with Crippen molar-refractivity contribution in [2.24, 2.45) is 5.92 Å². The van der Waals surface area contributed by atoms with Crippen LogP contribution in [0.3, 0.4) is 0 Å². The molecule has 1 aliphatic rings. The number of benzene rings is 2. The second-order valence-corrected chi connectivity index (χ2v) is 6.48. The summed E-state index contributed by atoms with van der Waals surface area (Å²) in [7, 11) is 0. The summed E-state index contributed by atoms with van der Waals surface area (Å²) in [6.45, 7) is 8.29. The number of rotatable bonds is 3. The third-order valence-electron chi connectivity index (χ3n) is 4.64. The highest BCUT2D eigenvalue weighted by atomic mass is 16.1. The first-order chi connectivity index (χ1) is 11.0. The average Bonchev–Trinajstić information content (AvgIpc) is 2.83. The van der Waals surface area contributed by atoms with Crippen LogP contribution in [0, 0.1) is 19.8 Å². The van der Waals surface area contributed by atoms with E-state index < -0.39 is 0 Å². The van der Waals surface area contributed by atoms with Crippen LogP contribution in [-0.2, 0) is 0 Å². The number of carbonyl (C=O) groups is 1. The molecule has 3 rings (SSSR count). The van der Waals surface area contributed by atoms with E-state index in [9.17, 15) is 4.79 Å². The van der Waals surface area contributed by atoms with Crippen LogP contribution in [-0.4, -0.2) is 5.78 Å². The summed E-state index contributed by atoms with van der Waals surface area (Å²) in [5.74, 6) is 0.278. The predicted octanol–water partition coefficient (Wildman–Crippen LogP) is 5.54. The van der Waals surface area contributed by atoms with Gasteiger partial charge in [-0.15, -0.1) is 0 Å². The van der Waals surface area contributed by atoms with Gasteiger partial charge in [-0.1, -0.05) is 72.7 Å². The summed E-state index contributed by atoms with van der Waals surface area (Å²) < 4.78 is 0. The number of hydrogen-bond donors (Lipinski definition) is 0. The number of aryl methyl sites for hydroxylation is 2. The standard InChI is InChI=1S/C22H22O/c1-14-5-9-18(10-6-14)20-13-16(3)21(17(20)4)22(23)19-11-7-15(2)8-12-19/h5-13,17H,1-4H3. The second-order valence-electron chi connectivity index (χ2n) is 6.48. The van der Waals surface area contributed by atoms with Crippen molar-refractivity contribution in [1.29, 1.82) is 0 Å². The fourth-order valence-corrected chi connectivity index (χ4v) is 3.25. The number of allylic oxidation sites excluding steroid dienone is 4. The Bertz CT molecular complexity index is 802. The topological polar surface area (TPSA) is 17.1 Å². The van der Waals surface area contributed by atoms with E-state index in [-0.39, 0.29) is 11.7 Å². The normalized spacial score (nSPS) is 17.4. The maximum atomic E-state index is 12.9. The minimum absolute atomic E-state index is 0.131. The lowest BCUT2D eigenvalue weighted by Gasteiger charge is -2.15. The molecule has 0 bridgehead atoms. The molecule has 116 valence electrons. The molecule has 0 spiro atoms. The Balaban J connectivity index is 1.91. The molecule has 2 aromatic rings. The summed E-state index contributed by atoms with van der Waals surface area (Å²) in [6, 6.07) is 16.4. The lowest BCUT2D eigenvalue weighted by atomic mass is 9.87. The molecule has 1 unspecified atom stereocenters. The molecule has 0 fully saturated rings. The third kappa shape index (κ3) is 2.92. The van der Waals surface area contributed by atoms with Crippen molar-refractivity contribution >= 4 is 11.4 Å². The number of carbonyl (C=O) groups excluding carboxylic acids is 1. The van der Waals surface area contributed by atoms with Crippen LogP contribution in [0.15, 0.2) is 65.8 Å². The Morgan fingerprint density at radius 2 is 1.35 bits per heavy atom. The molecule has 0 radical (unpaired) electrons. The second kappa shape index (κ2) is 6.00. The molecule has 1 aliphatic carbocycles. The zero-order valence-electron chi connectivity index (χ0n) is 14.2. The molecule has 0 amide bonds. The molecular formula is C22H22O. The Morgan fingerprint density at radius 1 is 0.826 bits per heavy atom. The molecule has 23 heavy (non-hydrogen) atoms. The number of hydrogen-bond acceptors (Lipinski definition) is 1. The highest BCUT2D eigenvalue weighted by Gasteiger charge is 2.28. The maximum absolute atomic E-state index is 12.9. The van der Waals surface area contributed by atoms with E-state index in [2.05, 4.69) is 44.2 Å². The summed E-state index contributed by atoms with van der Waals surface area (Å²) in [4.78, 5) is 12.9. The van der Waals surface area contributed by atoms with Gasteiger partial charge in [-0.3, -0.25) is 4.79 Å². The molecule has 0 N–H and O–H groups in total. The zero-order chi connectivity index (χ0) is 16.6. The molecular weight excluding hydrogens is 280 g/mol. The molecule has 2 aromatic carbocycles. The van der Waals surface area contributed by atoms with E-state index in [1.54, 1.807) is 0 Å². The highest BCUT2D eigenvalue weighted by Crippen LogP contribution is 2.39. The SMILES string of the molecule is CC1=C(C(=O)c2ccc(C)cc2)C(C)C(c2ccc(C)cc2)=C1. The fraction of sp³-hybridized carbons (Fsp3) is 0.227. The summed E-state index contributed by atoms with van der Waals surface area (Å²) in [5, 5.41) is 0. The first-order valence-electron chi connectivity index (χ1n) is 8.08. The van der Waals surface area contributed by atoms with Gasteiger partial charge in [-0.25, -0.2) is 0 Å². The van der Waals surface area contributed by atoms with Gasteiger partial charge in [-0.2, -0.15) is 0 Å². The smallest absolute Gasteiger partial charge is 0.189 e. The van der Waals surface area contributed by atoms with Crippen molar-refractivity contribution in [3.63, 3.8) is 0 Å². The van der Waals surface area contributed by atoms with Crippen LogP contribution in [0.25, 0.3) is 5.57 Å². The molecule has 1 nitrogen and oxygen atoms in total. The van der Waals surface area contributed by atoms with Gasteiger partial charge < -0.3 is 0 Å². The van der Waals surface area contributed by atoms with Gasteiger partial charge in [0.25, 0.3) is 0 Å². The Labute approximate surface area is 138 Å². The van der Waals surface area contributed by atoms with E-state index >= 15 is 0 Å². The van der Waals surface area contributed by atoms with Crippen molar-refractivity contribution < 1.29 is 4.79 Å². The van der Waals surface area contributed by atoms with E-state index in [1.807, 2.05) is 38.1 Å². The van der Waals surface area contributed by atoms with Crippen molar-refractivity contribution in [3.05, 3.63) is 88.0 Å². The van der Waals surface area contributed by atoms with Crippen molar-refractivity contribution in [2.45, 2.75) is 27.7 Å². The van der Waals surface area contributed by atoms with Gasteiger partial charge in [0.1, 0.15) is 0 Å². The van der Waals surface area contributed by atoms with Crippen molar-refractivity contribution in [2.75, 3.05) is 0 Å². The van der Waals surface area contributed by atoms with Gasteiger partial charge in [0.05, 0.1) is 0 Å². The Morgan fingerprint density at radius 3 is 1.91 bits per heavy atom. The van der Waals surface area contributed by atoms with E-state index in [1.165, 1.54) is 22.3 Å². The highest BCUT2D eigenvalue weighted by molar-refractivity contribution is 6.12. The van der Waals surface area contributed by atoms with Crippen LogP contribution >= 0.6 is 0 Å². The molecule has 0 heterocycles. The van der Waals surface area contributed by atoms with Crippen LogP contribution in [0.1, 0.15) is 40.9 Å². The van der Waals surface area contributed by atoms with E-state index in [4.69, 9.17) is 0 Å². The zero-order valence-corrected chi connectivity index (χ0v) is 14.2. The first-order valence-corrected chi connectivity index (χ1v) is 8.08. The number of ketones is 1. The molecule has 0 saturated carbocycles. The predicted molar refractivity (Wildman–Crippen MR) is 96.5 cm³/mol. The molecule has 1 heteroatoms. The molecule has 0 aromatic heterocycles. The monoisotopic (exact) mass is 302 g/mol. The van der Waals surface area contributed by atoms with Crippen LogP contribution in [0.5, 0.6) is 0 Å². The fourth-order valence-electron chi connectivity index (χ4n) is 3.25. The van der Waals surface area contributed by atoms with Crippen LogP contribution < -0.4 is 0 Å². The largest absolute Gasteiger partial charge is 0.289 e. The van der Waals surface area contributed by atoms with Crippen molar-refractivity contribution in [3.8, 4) is 0 Å². The average molecular weight is 302 g/mol. The minimum Gasteiger partial charge on any atom is -0.289 e. The van der Waals surface area contributed by atoms with E-state index in [0.717, 1.165) is 16.7 Å². The number of Topliss-reactive ketones (excluding diaryl/α,β-unsaturated/α-hetero) is 1. The third-order valence-corrected chi connectivity index (χ3v) is 4.64. The molecule has 1 atom stereocenters. The van der Waals surface area contributed by atoms with Crippen LogP contribution in [0.2, 0.25) is 0 Å². The van der Waals surface area contributed by atoms with Gasteiger partial charge in [0.15, 0.2) is 5.78 Å². The summed E-state index contributed by atoms with van der Waals surface area (Å²) in [6.07, 6.45) is 2.16. The van der Waals surface area contributed by atoms with Gasteiger partial charge in [-0.05, 0) is 37.5 Å². The lowest BCUT2D eigenvalue weighted by Crippen LogP contribution is -2.11. The summed E-state index contributed by atoms with van der Waals surface area (Å²) in [5.41, 5.74) is 7.64. The molecule has 0 aliphatic heterocycles. The quantitative estimate of drug-likeness (QED) is 0.681.